The summed E-state index contributed by atoms with van der Waals surface area (Å²) in [5, 5.41) is 3.02. The molecule has 1 amide bonds. The Morgan fingerprint density at radius 3 is 2.38 bits per heavy atom. The van der Waals surface area contributed by atoms with Crippen LogP contribution in [-0.4, -0.2) is 20.9 Å². The van der Waals surface area contributed by atoms with E-state index in [9.17, 15) is 4.79 Å². The maximum Gasteiger partial charge on any atom is 0.244 e. The fourth-order valence-electron chi connectivity index (χ4n) is 2.31. The Kier molecular flexibility index (Phi) is 5.04. The van der Waals surface area contributed by atoms with Crippen molar-refractivity contribution in [2.45, 2.75) is 6.04 Å². The third-order valence-electron chi connectivity index (χ3n) is 3.45. The van der Waals surface area contributed by atoms with Crippen LogP contribution in [-0.2, 0) is 4.79 Å². The highest BCUT2D eigenvalue weighted by Gasteiger charge is 2.15. The molecule has 1 aromatic carbocycles. The SMILES string of the molecule is O=C(/C=C/c1cnccn1)NC(c1ccccc1)c1ccncc1. The molecule has 1 atom stereocenters. The Bertz CT molecular complexity index is 765. The van der Waals surface area contributed by atoms with Gasteiger partial charge in [-0.25, -0.2) is 0 Å². The van der Waals surface area contributed by atoms with Crippen LogP contribution in [0.1, 0.15) is 22.9 Å². The molecule has 0 aliphatic heterocycles. The monoisotopic (exact) mass is 316 g/mol. The van der Waals surface area contributed by atoms with Crippen LogP contribution in [0.15, 0.2) is 79.5 Å². The van der Waals surface area contributed by atoms with Crippen LogP contribution in [0.25, 0.3) is 6.08 Å². The van der Waals surface area contributed by atoms with Crippen LogP contribution in [0.5, 0.6) is 0 Å². The van der Waals surface area contributed by atoms with E-state index >= 15 is 0 Å². The highest BCUT2D eigenvalue weighted by atomic mass is 16.1. The van der Waals surface area contributed by atoms with E-state index in [4.69, 9.17) is 0 Å². The first-order chi connectivity index (χ1) is 11.8. The van der Waals surface area contributed by atoms with Gasteiger partial charge in [0.15, 0.2) is 0 Å². The van der Waals surface area contributed by atoms with Gasteiger partial charge in [-0.3, -0.25) is 19.7 Å². The van der Waals surface area contributed by atoms with Crippen molar-refractivity contribution in [3.05, 3.63) is 96.3 Å². The molecule has 0 saturated heterocycles. The van der Waals surface area contributed by atoms with Crippen molar-refractivity contribution in [3.63, 3.8) is 0 Å². The highest BCUT2D eigenvalue weighted by Crippen LogP contribution is 2.21. The third kappa shape index (κ3) is 4.10. The minimum absolute atomic E-state index is 0.202. The number of hydrogen-bond donors (Lipinski definition) is 1. The second-order valence-corrected chi connectivity index (χ2v) is 5.10. The number of nitrogens with zero attached hydrogens (tertiary/aromatic N) is 3. The van der Waals surface area contributed by atoms with Gasteiger partial charge in [-0.2, -0.15) is 0 Å². The quantitative estimate of drug-likeness (QED) is 0.735. The molecule has 1 unspecified atom stereocenters. The van der Waals surface area contributed by atoms with Crippen LogP contribution in [0, 0.1) is 0 Å². The Labute approximate surface area is 140 Å². The van der Waals surface area contributed by atoms with Crippen LogP contribution in [0.4, 0.5) is 0 Å². The van der Waals surface area contributed by atoms with E-state index in [0.717, 1.165) is 11.1 Å². The summed E-state index contributed by atoms with van der Waals surface area (Å²) in [5.74, 6) is -0.202. The summed E-state index contributed by atoms with van der Waals surface area (Å²) < 4.78 is 0. The van der Waals surface area contributed by atoms with Crippen molar-refractivity contribution >= 4 is 12.0 Å². The van der Waals surface area contributed by atoms with Gasteiger partial charge in [0.25, 0.3) is 0 Å². The molecule has 5 heteroatoms. The van der Waals surface area contributed by atoms with Crippen molar-refractivity contribution < 1.29 is 4.79 Å². The van der Waals surface area contributed by atoms with Crippen molar-refractivity contribution in [3.8, 4) is 0 Å². The molecule has 0 saturated carbocycles. The lowest BCUT2D eigenvalue weighted by molar-refractivity contribution is -0.116. The van der Waals surface area contributed by atoms with Crippen molar-refractivity contribution in [1.29, 1.82) is 0 Å². The summed E-state index contributed by atoms with van der Waals surface area (Å²) >= 11 is 0. The molecule has 5 nitrogen and oxygen atoms in total. The van der Waals surface area contributed by atoms with Gasteiger partial charge < -0.3 is 5.32 Å². The molecule has 3 aromatic rings. The number of amides is 1. The highest BCUT2D eigenvalue weighted by molar-refractivity contribution is 5.92. The molecule has 0 bridgehead atoms. The van der Waals surface area contributed by atoms with Crippen LogP contribution < -0.4 is 5.32 Å². The Morgan fingerprint density at radius 1 is 0.917 bits per heavy atom. The summed E-state index contributed by atoms with van der Waals surface area (Å²) in [4.78, 5) is 24.4. The fourth-order valence-corrected chi connectivity index (χ4v) is 2.31. The lowest BCUT2D eigenvalue weighted by atomic mass is 9.99. The summed E-state index contributed by atoms with van der Waals surface area (Å²) in [5.41, 5.74) is 2.61. The van der Waals surface area contributed by atoms with Crippen LogP contribution in [0.2, 0.25) is 0 Å². The number of aromatic nitrogens is 3. The maximum atomic E-state index is 12.3. The molecule has 3 rings (SSSR count). The molecule has 0 aliphatic rings. The Balaban J connectivity index is 1.80. The van der Waals surface area contributed by atoms with E-state index in [1.165, 1.54) is 6.08 Å². The molecule has 0 aliphatic carbocycles. The number of benzene rings is 1. The van der Waals surface area contributed by atoms with Gasteiger partial charge in [0.05, 0.1) is 17.9 Å². The van der Waals surface area contributed by atoms with Crippen LogP contribution in [0.3, 0.4) is 0 Å². The molecule has 2 aromatic heterocycles. The lowest BCUT2D eigenvalue weighted by Gasteiger charge is -2.18. The minimum atomic E-state index is -0.242. The predicted molar refractivity (Wildman–Crippen MR) is 91.7 cm³/mol. The summed E-state index contributed by atoms with van der Waals surface area (Å²) in [6.45, 7) is 0. The van der Waals surface area contributed by atoms with E-state index in [1.54, 1.807) is 37.1 Å². The van der Waals surface area contributed by atoms with Gasteiger partial charge in [-0.1, -0.05) is 30.3 Å². The zero-order valence-corrected chi connectivity index (χ0v) is 12.9. The summed E-state index contributed by atoms with van der Waals surface area (Å²) in [6.07, 6.45) is 11.3. The average molecular weight is 316 g/mol. The first-order valence-electron chi connectivity index (χ1n) is 7.52. The van der Waals surface area contributed by atoms with E-state index in [-0.39, 0.29) is 11.9 Å². The number of carbonyl (C=O) groups is 1. The largest absolute Gasteiger partial charge is 0.342 e. The zero-order valence-electron chi connectivity index (χ0n) is 12.9. The Hall–Kier alpha value is -3.34. The molecule has 118 valence electrons. The van der Waals surface area contributed by atoms with E-state index in [2.05, 4.69) is 20.3 Å². The molecule has 0 spiro atoms. The van der Waals surface area contributed by atoms with Crippen molar-refractivity contribution in [1.82, 2.24) is 20.3 Å². The van der Waals surface area contributed by atoms with Crippen molar-refractivity contribution in [2.75, 3.05) is 0 Å². The minimum Gasteiger partial charge on any atom is -0.342 e. The molecular weight excluding hydrogens is 300 g/mol. The second kappa shape index (κ2) is 7.78. The standard InChI is InChI=1S/C19H16N4O/c24-18(7-6-17-14-21-12-13-22-17)23-19(15-4-2-1-3-5-15)16-8-10-20-11-9-16/h1-14,19H,(H,23,24)/b7-6+. The smallest absolute Gasteiger partial charge is 0.244 e. The van der Waals surface area contributed by atoms with Gasteiger partial charge in [0.1, 0.15) is 0 Å². The number of hydrogen-bond acceptors (Lipinski definition) is 4. The van der Waals surface area contributed by atoms with Gasteiger partial charge in [-0.15, -0.1) is 0 Å². The van der Waals surface area contributed by atoms with E-state index < -0.39 is 0 Å². The topological polar surface area (TPSA) is 67.8 Å². The number of nitrogens with one attached hydrogen (secondary N) is 1. The normalized spacial score (nSPS) is 12.0. The third-order valence-corrected chi connectivity index (χ3v) is 3.45. The predicted octanol–water partition coefficient (Wildman–Crippen LogP) is 2.79. The van der Waals surface area contributed by atoms with Gasteiger partial charge >= 0.3 is 0 Å². The second-order valence-electron chi connectivity index (χ2n) is 5.10. The first-order valence-corrected chi connectivity index (χ1v) is 7.52. The van der Waals surface area contributed by atoms with E-state index in [1.807, 2.05) is 42.5 Å². The summed E-state index contributed by atoms with van der Waals surface area (Å²) in [7, 11) is 0. The first kappa shape index (κ1) is 15.6. The number of carbonyl (C=O) groups excluding carboxylic acids is 1. The van der Waals surface area contributed by atoms with E-state index in [0.29, 0.717) is 5.69 Å². The fraction of sp³-hybridized carbons (Fsp3) is 0.0526. The Morgan fingerprint density at radius 2 is 1.67 bits per heavy atom. The maximum absolute atomic E-state index is 12.3. The van der Waals surface area contributed by atoms with Gasteiger partial charge in [0.2, 0.25) is 5.91 Å². The zero-order chi connectivity index (χ0) is 16.6. The average Bonchev–Trinajstić information content (AvgIpc) is 2.67. The van der Waals surface area contributed by atoms with Crippen LogP contribution >= 0.6 is 0 Å². The molecule has 24 heavy (non-hydrogen) atoms. The molecule has 0 fully saturated rings. The van der Waals surface area contributed by atoms with Gasteiger partial charge in [-0.05, 0) is 29.3 Å². The lowest BCUT2D eigenvalue weighted by Crippen LogP contribution is -2.27. The molecular formula is C19H16N4O. The molecule has 0 radical (unpaired) electrons. The number of pyridine rings is 1. The van der Waals surface area contributed by atoms with Crippen molar-refractivity contribution in [2.24, 2.45) is 0 Å². The number of rotatable bonds is 5. The van der Waals surface area contributed by atoms with Gasteiger partial charge in [0, 0.05) is 30.9 Å². The summed E-state index contributed by atoms with van der Waals surface area (Å²) in [6, 6.07) is 13.4. The molecule has 1 N–H and O–H groups in total. The molecule has 2 heterocycles.